The molecule has 19 heavy (non-hydrogen) atoms. The molecule has 0 aromatic heterocycles. The number of benzene rings is 1. The van der Waals surface area contributed by atoms with E-state index in [4.69, 9.17) is 4.74 Å². The molecule has 0 unspecified atom stereocenters. The van der Waals surface area contributed by atoms with Crippen molar-refractivity contribution in [2.24, 2.45) is 0 Å². The molecule has 101 valence electrons. The third kappa shape index (κ3) is 3.37. The summed E-state index contributed by atoms with van der Waals surface area (Å²) in [7, 11) is 0. The van der Waals surface area contributed by atoms with Crippen molar-refractivity contribution in [3.8, 4) is 0 Å². The van der Waals surface area contributed by atoms with Crippen LogP contribution in [0.15, 0.2) is 43.0 Å². The summed E-state index contributed by atoms with van der Waals surface area (Å²) in [5, 5.41) is 0. The molecule has 1 aliphatic rings. The average molecular weight is 258 g/mol. The van der Waals surface area contributed by atoms with Crippen molar-refractivity contribution in [1.29, 1.82) is 0 Å². The van der Waals surface area contributed by atoms with Gasteiger partial charge in [0.25, 0.3) is 0 Å². The zero-order valence-corrected chi connectivity index (χ0v) is 11.1. The Labute approximate surface area is 114 Å². The first-order chi connectivity index (χ1) is 9.22. The Balaban J connectivity index is 1.96. The van der Waals surface area contributed by atoms with Gasteiger partial charge in [-0.2, -0.15) is 0 Å². The first-order valence-corrected chi connectivity index (χ1v) is 6.67. The second-order valence-corrected chi connectivity index (χ2v) is 4.84. The molecule has 2 rings (SSSR count). The molecule has 0 aliphatic carbocycles. The van der Waals surface area contributed by atoms with E-state index in [-0.39, 0.29) is 18.2 Å². The van der Waals surface area contributed by atoms with Crippen LogP contribution in [0.1, 0.15) is 24.8 Å². The second-order valence-electron chi connectivity index (χ2n) is 4.84. The standard InChI is InChI=1S/C16H20NO2/c1-3-15-11-7-8-13(2)17(15)16(18)19-12-14-9-5-4-6-10-14/h3-6,9-10,13,15H,1-2,7-8,11-12H2/t13-,15+/m1/s1. The van der Waals surface area contributed by atoms with Crippen LogP contribution in [0.4, 0.5) is 4.79 Å². The van der Waals surface area contributed by atoms with Crippen molar-refractivity contribution >= 4 is 6.09 Å². The van der Waals surface area contributed by atoms with Gasteiger partial charge < -0.3 is 4.74 Å². The van der Waals surface area contributed by atoms with Gasteiger partial charge in [-0.3, -0.25) is 4.90 Å². The Morgan fingerprint density at radius 2 is 2.11 bits per heavy atom. The molecule has 1 aromatic rings. The molecule has 1 saturated heterocycles. The number of hydrogen-bond donors (Lipinski definition) is 0. The van der Waals surface area contributed by atoms with Crippen LogP contribution in [-0.2, 0) is 11.3 Å². The van der Waals surface area contributed by atoms with Gasteiger partial charge in [-0.05, 0) is 31.7 Å². The number of ether oxygens (including phenoxy) is 1. The highest BCUT2D eigenvalue weighted by molar-refractivity contribution is 5.69. The van der Waals surface area contributed by atoms with Gasteiger partial charge in [0.1, 0.15) is 6.61 Å². The normalized spacial score (nSPS) is 22.9. The predicted molar refractivity (Wildman–Crippen MR) is 75.4 cm³/mol. The maximum Gasteiger partial charge on any atom is 0.410 e. The van der Waals surface area contributed by atoms with Crippen LogP contribution in [0.5, 0.6) is 0 Å². The lowest BCUT2D eigenvalue weighted by Gasteiger charge is -2.38. The lowest BCUT2D eigenvalue weighted by molar-refractivity contribution is 0.0630. The third-order valence-electron chi connectivity index (χ3n) is 3.48. The smallest absolute Gasteiger partial charge is 0.410 e. The summed E-state index contributed by atoms with van der Waals surface area (Å²) < 4.78 is 5.37. The minimum atomic E-state index is -0.298. The Bertz CT molecular complexity index is 430. The van der Waals surface area contributed by atoms with Gasteiger partial charge in [0.05, 0.1) is 6.04 Å². The van der Waals surface area contributed by atoms with Crippen molar-refractivity contribution in [3.63, 3.8) is 0 Å². The maximum atomic E-state index is 12.2. The molecule has 1 fully saturated rings. The van der Waals surface area contributed by atoms with Gasteiger partial charge in [-0.1, -0.05) is 36.4 Å². The fourth-order valence-electron chi connectivity index (χ4n) is 2.42. The number of hydrogen-bond acceptors (Lipinski definition) is 2. The number of rotatable bonds is 3. The van der Waals surface area contributed by atoms with Crippen molar-refractivity contribution in [1.82, 2.24) is 4.90 Å². The van der Waals surface area contributed by atoms with Crippen LogP contribution >= 0.6 is 0 Å². The highest BCUT2D eigenvalue weighted by Crippen LogP contribution is 2.24. The lowest BCUT2D eigenvalue weighted by atomic mass is 9.97. The number of amides is 1. The molecule has 0 N–H and O–H groups in total. The summed E-state index contributed by atoms with van der Waals surface area (Å²) in [6.07, 6.45) is 4.45. The van der Waals surface area contributed by atoms with E-state index in [1.807, 2.05) is 30.3 Å². The summed E-state index contributed by atoms with van der Waals surface area (Å²) in [6.45, 7) is 8.12. The topological polar surface area (TPSA) is 29.5 Å². The predicted octanol–water partition coefficient (Wildman–Crippen LogP) is 3.57. The van der Waals surface area contributed by atoms with Crippen molar-refractivity contribution in [2.75, 3.05) is 0 Å². The van der Waals surface area contributed by atoms with E-state index in [1.54, 1.807) is 11.0 Å². The molecule has 1 heterocycles. The van der Waals surface area contributed by atoms with E-state index in [9.17, 15) is 4.79 Å². The molecule has 0 spiro atoms. The summed E-state index contributed by atoms with van der Waals surface area (Å²) >= 11 is 0. The summed E-state index contributed by atoms with van der Waals surface area (Å²) in [5.41, 5.74) is 0.989. The number of carbonyl (C=O) groups excluding carboxylic acids is 1. The monoisotopic (exact) mass is 258 g/mol. The van der Waals surface area contributed by atoms with E-state index < -0.39 is 0 Å². The van der Waals surface area contributed by atoms with Crippen molar-refractivity contribution in [2.45, 2.75) is 38.0 Å². The zero-order valence-electron chi connectivity index (χ0n) is 11.1. The molecule has 0 saturated carbocycles. The van der Waals surface area contributed by atoms with E-state index >= 15 is 0 Å². The molecular formula is C16H20NO2. The summed E-state index contributed by atoms with van der Waals surface area (Å²) in [4.78, 5) is 13.9. The molecule has 3 heteroatoms. The van der Waals surface area contributed by atoms with Gasteiger partial charge in [0.2, 0.25) is 0 Å². The quantitative estimate of drug-likeness (QED) is 0.776. The van der Waals surface area contributed by atoms with Crippen molar-refractivity contribution < 1.29 is 9.53 Å². The Morgan fingerprint density at radius 3 is 2.79 bits per heavy atom. The fourth-order valence-corrected chi connectivity index (χ4v) is 2.42. The van der Waals surface area contributed by atoms with E-state index in [1.165, 1.54) is 0 Å². The number of piperidine rings is 1. The Kier molecular flexibility index (Phi) is 4.61. The van der Waals surface area contributed by atoms with Crippen LogP contribution < -0.4 is 0 Å². The van der Waals surface area contributed by atoms with Crippen LogP contribution in [0.25, 0.3) is 0 Å². The van der Waals surface area contributed by atoms with E-state index in [0.717, 1.165) is 24.8 Å². The van der Waals surface area contributed by atoms with Crippen LogP contribution in [0, 0.1) is 6.92 Å². The molecule has 1 radical (unpaired) electrons. The zero-order chi connectivity index (χ0) is 13.7. The van der Waals surface area contributed by atoms with Gasteiger partial charge in [-0.25, -0.2) is 4.79 Å². The van der Waals surface area contributed by atoms with Gasteiger partial charge >= 0.3 is 6.09 Å². The summed E-state index contributed by atoms with van der Waals surface area (Å²) in [6, 6.07) is 9.70. The number of nitrogens with zero attached hydrogens (tertiary/aromatic N) is 1. The highest BCUT2D eigenvalue weighted by Gasteiger charge is 2.31. The highest BCUT2D eigenvalue weighted by atomic mass is 16.6. The molecule has 2 atom stereocenters. The van der Waals surface area contributed by atoms with Crippen LogP contribution in [0.2, 0.25) is 0 Å². The summed E-state index contributed by atoms with van der Waals surface area (Å²) in [5.74, 6) is 0. The van der Waals surface area contributed by atoms with E-state index in [0.29, 0.717) is 6.61 Å². The number of carbonyl (C=O) groups is 1. The van der Waals surface area contributed by atoms with Crippen LogP contribution in [-0.4, -0.2) is 23.1 Å². The lowest BCUT2D eigenvalue weighted by Crippen LogP contribution is -2.48. The SMILES string of the molecule is [CH2][C@@H]1CCC[C@H](C=C)N1C(=O)OCc1ccccc1. The molecular weight excluding hydrogens is 238 g/mol. The molecule has 1 aromatic carbocycles. The van der Waals surface area contributed by atoms with E-state index in [2.05, 4.69) is 13.5 Å². The van der Waals surface area contributed by atoms with Crippen molar-refractivity contribution in [3.05, 3.63) is 55.5 Å². The van der Waals surface area contributed by atoms with Gasteiger partial charge in [0, 0.05) is 6.04 Å². The first kappa shape index (κ1) is 13.7. The molecule has 1 amide bonds. The molecule has 1 aliphatic heterocycles. The fraction of sp³-hybridized carbons (Fsp3) is 0.375. The maximum absolute atomic E-state index is 12.2. The first-order valence-electron chi connectivity index (χ1n) is 6.67. The Hall–Kier alpha value is -1.77. The molecule has 0 bridgehead atoms. The minimum Gasteiger partial charge on any atom is -0.445 e. The number of likely N-dealkylation sites (tertiary alicyclic amines) is 1. The largest absolute Gasteiger partial charge is 0.445 e. The Morgan fingerprint density at radius 1 is 1.37 bits per heavy atom. The molecule has 3 nitrogen and oxygen atoms in total. The average Bonchev–Trinajstić information content (AvgIpc) is 2.45. The third-order valence-corrected chi connectivity index (χ3v) is 3.48. The van der Waals surface area contributed by atoms with Gasteiger partial charge in [0.15, 0.2) is 0 Å². The minimum absolute atomic E-state index is 0.0278. The second kappa shape index (κ2) is 6.41. The van der Waals surface area contributed by atoms with Crippen LogP contribution in [0.3, 0.4) is 0 Å². The van der Waals surface area contributed by atoms with Gasteiger partial charge in [-0.15, -0.1) is 6.58 Å².